The van der Waals surface area contributed by atoms with Crippen molar-refractivity contribution < 1.29 is 23.8 Å². The van der Waals surface area contributed by atoms with Gasteiger partial charge in [0.1, 0.15) is 13.2 Å². The largest absolute Gasteiger partial charge is 0.486 e. The van der Waals surface area contributed by atoms with E-state index in [9.17, 15) is 14.3 Å². The number of benzene rings is 3. The van der Waals surface area contributed by atoms with E-state index in [1.165, 1.54) is 6.07 Å². The van der Waals surface area contributed by atoms with Crippen molar-refractivity contribution in [3.63, 3.8) is 0 Å². The van der Waals surface area contributed by atoms with Crippen LogP contribution in [-0.2, 0) is 23.6 Å². The van der Waals surface area contributed by atoms with Gasteiger partial charge in [-0.2, -0.15) is 0 Å². The molecule has 1 saturated heterocycles. The summed E-state index contributed by atoms with van der Waals surface area (Å²) in [4.78, 5) is 13.9. The highest BCUT2D eigenvalue weighted by Crippen LogP contribution is 2.35. The number of nitrogens with zero attached hydrogens (tertiary/aromatic N) is 1. The Morgan fingerprint density at radius 3 is 2.09 bits per heavy atom. The number of carbonyl (C=O) groups is 1. The zero-order valence-corrected chi connectivity index (χ0v) is 17.7. The summed E-state index contributed by atoms with van der Waals surface area (Å²) in [6.45, 7) is 1.13. The maximum atomic E-state index is 14.6. The smallest absolute Gasteiger partial charge is 0.410 e. The molecule has 1 N–H and O–H groups in total. The van der Waals surface area contributed by atoms with Crippen LogP contribution in [0.5, 0.6) is 5.75 Å². The number of piperidine rings is 1. The van der Waals surface area contributed by atoms with E-state index in [0.717, 1.165) is 11.1 Å². The van der Waals surface area contributed by atoms with Crippen LogP contribution in [0, 0.1) is 5.82 Å². The Hall–Kier alpha value is -3.38. The Labute approximate surface area is 187 Å². The third-order valence-corrected chi connectivity index (χ3v) is 5.76. The molecule has 0 bridgehead atoms. The summed E-state index contributed by atoms with van der Waals surface area (Å²) in [5, 5.41) is 11.1. The molecular weight excluding hydrogens is 409 g/mol. The Morgan fingerprint density at radius 2 is 1.50 bits per heavy atom. The highest BCUT2D eigenvalue weighted by Gasteiger charge is 2.36. The van der Waals surface area contributed by atoms with E-state index >= 15 is 0 Å². The number of halogens is 1. The van der Waals surface area contributed by atoms with Crippen molar-refractivity contribution in [2.75, 3.05) is 13.1 Å². The monoisotopic (exact) mass is 435 g/mol. The summed E-state index contributed by atoms with van der Waals surface area (Å²) < 4.78 is 25.6. The molecule has 3 aromatic rings. The average Bonchev–Trinajstić information content (AvgIpc) is 2.83. The fourth-order valence-corrected chi connectivity index (χ4v) is 3.80. The zero-order valence-electron chi connectivity index (χ0n) is 17.7. The number of hydrogen-bond acceptors (Lipinski definition) is 4. The van der Waals surface area contributed by atoms with Crippen LogP contribution in [0.4, 0.5) is 9.18 Å². The van der Waals surface area contributed by atoms with Crippen LogP contribution < -0.4 is 4.74 Å². The molecule has 0 atom stereocenters. The summed E-state index contributed by atoms with van der Waals surface area (Å²) in [6.07, 6.45) is 0.195. The van der Waals surface area contributed by atoms with Gasteiger partial charge >= 0.3 is 6.09 Å². The second-order valence-electron chi connectivity index (χ2n) is 7.98. The van der Waals surface area contributed by atoms with E-state index in [4.69, 9.17) is 9.47 Å². The molecule has 0 aromatic heterocycles. The third kappa shape index (κ3) is 5.26. The first kappa shape index (κ1) is 21.8. The quantitative estimate of drug-likeness (QED) is 0.590. The first-order chi connectivity index (χ1) is 15.5. The van der Waals surface area contributed by atoms with Crippen molar-refractivity contribution in [1.29, 1.82) is 0 Å². The first-order valence-corrected chi connectivity index (χ1v) is 10.7. The molecule has 4 rings (SSSR count). The van der Waals surface area contributed by atoms with Crippen LogP contribution >= 0.6 is 0 Å². The lowest BCUT2D eigenvalue weighted by Crippen LogP contribution is -2.45. The summed E-state index contributed by atoms with van der Waals surface area (Å²) in [7, 11) is 0. The normalized spacial score (nSPS) is 15.2. The highest BCUT2D eigenvalue weighted by atomic mass is 19.1. The molecule has 0 unspecified atom stereocenters. The lowest BCUT2D eigenvalue weighted by molar-refractivity contribution is -0.0257. The molecule has 1 aliphatic rings. The Bertz CT molecular complexity index is 1030. The summed E-state index contributed by atoms with van der Waals surface area (Å²) in [6, 6.07) is 23.6. The third-order valence-electron chi connectivity index (χ3n) is 5.76. The Kier molecular flexibility index (Phi) is 6.71. The van der Waals surface area contributed by atoms with E-state index in [1.807, 2.05) is 60.7 Å². The molecule has 5 nitrogen and oxygen atoms in total. The molecule has 1 fully saturated rings. The van der Waals surface area contributed by atoms with Crippen LogP contribution in [0.2, 0.25) is 0 Å². The maximum Gasteiger partial charge on any atom is 0.410 e. The highest BCUT2D eigenvalue weighted by molar-refractivity contribution is 5.67. The van der Waals surface area contributed by atoms with Gasteiger partial charge in [0.2, 0.25) is 0 Å². The molecule has 0 saturated carbocycles. The lowest BCUT2D eigenvalue weighted by atomic mass is 9.84. The second kappa shape index (κ2) is 9.83. The molecule has 32 heavy (non-hydrogen) atoms. The van der Waals surface area contributed by atoms with Gasteiger partial charge in [0.05, 0.1) is 5.60 Å². The number of carbonyl (C=O) groups excluding carboxylic acids is 1. The van der Waals surface area contributed by atoms with Gasteiger partial charge in [-0.25, -0.2) is 9.18 Å². The molecule has 0 spiro atoms. The molecule has 6 heteroatoms. The van der Waals surface area contributed by atoms with Crippen molar-refractivity contribution in [3.8, 4) is 5.75 Å². The predicted molar refractivity (Wildman–Crippen MR) is 119 cm³/mol. The number of hydrogen-bond donors (Lipinski definition) is 1. The van der Waals surface area contributed by atoms with Crippen molar-refractivity contribution in [2.24, 2.45) is 0 Å². The number of rotatable bonds is 6. The van der Waals surface area contributed by atoms with Gasteiger partial charge in [0.15, 0.2) is 11.6 Å². The molecule has 166 valence electrons. The van der Waals surface area contributed by atoms with E-state index in [1.54, 1.807) is 17.0 Å². The standard InChI is InChI=1S/C26H26FNO4/c27-23-17-22(11-12-24(23)31-18-20-7-3-1-4-8-20)26(30)13-15-28(16-14-26)25(29)32-19-21-9-5-2-6-10-21/h1-12,17,30H,13-16,18-19H2. The van der Waals surface area contributed by atoms with Gasteiger partial charge in [-0.1, -0.05) is 66.7 Å². The number of amides is 1. The van der Waals surface area contributed by atoms with Gasteiger partial charge in [-0.15, -0.1) is 0 Å². The van der Waals surface area contributed by atoms with Gasteiger partial charge in [0, 0.05) is 13.1 Å². The lowest BCUT2D eigenvalue weighted by Gasteiger charge is -2.38. The SMILES string of the molecule is O=C(OCc1ccccc1)N1CCC(O)(c2ccc(OCc3ccccc3)c(F)c2)CC1. The van der Waals surface area contributed by atoms with Crippen LogP contribution in [0.25, 0.3) is 0 Å². The van der Waals surface area contributed by atoms with Gasteiger partial charge in [-0.05, 0) is 41.7 Å². The van der Waals surface area contributed by atoms with Crippen molar-refractivity contribution >= 4 is 6.09 Å². The first-order valence-electron chi connectivity index (χ1n) is 10.7. The molecule has 1 heterocycles. The summed E-state index contributed by atoms with van der Waals surface area (Å²) in [5.74, 6) is -0.375. The minimum Gasteiger partial charge on any atom is -0.486 e. The molecule has 1 amide bonds. The molecular formula is C26H26FNO4. The topological polar surface area (TPSA) is 59.0 Å². The average molecular weight is 435 g/mol. The predicted octanol–water partition coefficient (Wildman–Crippen LogP) is 5.02. The minimum absolute atomic E-state index is 0.142. The van der Waals surface area contributed by atoms with Crippen molar-refractivity contribution in [3.05, 3.63) is 101 Å². The van der Waals surface area contributed by atoms with E-state index in [-0.39, 0.29) is 19.0 Å². The van der Waals surface area contributed by atoms with Crippen LogP contribution in [0.15, 0.2) is 78.9 Å². The van der Waals surface area contributed by atoms with E-state index < -0.39 is 17.5 Å². The van der Waals surface area contributed by atoms with Gasteiger partial charge in [0.25, 0.3) is 0 Å². The minimum atomic E-state index is -1.20. The van der Waals surface area contributed by atoms with Crippen molar-refractivity contribution in [2.45, 2.75) is 31.7 Å². The fraction of sp³-hybridized carbons (Fsp3) is 0.269. The summed E-state index contributed by atoms with van der Waals surface area (Å²) >= 11 is 0. The number of ether oxygens (including phenoxy) is 2. The van der Waals surface area contributed by atoms with E-state index in [2.05, 4.69) is 0 Å². The van der Waals surface area contributed by atoms with Crippen LogP contribution in [0.1, 0.15) is 29.5 Å². The summed E-state index contributed by atoms with van der Waals surface area (Å²) in [5.41, 5.74) is 1.15. The van der Waals surface area contributed by atoms with Gasteiger partial charge < -0.3 is 19.5 Å². The van der Waals surface area contributed by atoms with E-state index in [0.29, 0.717) is 31.5 Å². The Balaban J connectivity index is 1.32. The Morgan fingerprint density at radius 1 is 0.906 bits per heavy atom. The molecule has 3 aromatic carbocycles. The van der Waals surface area contributed by atoms with Crippen molar-refractivity contribution in [1.82, 2.24) is 4.90 Å². The van der Waals surface area contributed by atoms with Crippen LogP contribution in [-0.4, -0.2) is 29.2 Å². The van der Waals surface area contributed by atoms with Crippen LogP contribution in [0.3, 0.4) is 0 Å². The maximum absolute atomic E-state index is 14.6. The number of likely N-dealkylation sites (tertiary alicyclic amines) is 1. The molecule has 1 aliphatic heterocycles. The second-order valence-corrected chi connectivity index (χ2v) is 7.98. The molecule has 0 aliphatic carbocycles. The zero-order chi connectivity index (χ0) is 22.4. The number of aliphatic hydroxyl groups is 1. The fourth-order valence-electron chi connectivity index (χ4n) is 3.80. The van der Waals surface area contributed by atoms with Gasteiger partial charge in [-0.3, -0.25) is 0 Å². The molecule has 0 radical (unpaired) electrons.